The van der Waals surface area contributed by atoms with E-state index in [9.17, 15) is 24.0 Å². The van der Waals surface area contributed by atoms with E-state index in [0.717, 1.165) is 0 Å². The Hall–Kier alpha value is -2.69. The van der Waals surface area contributed by atoms with E-state index in [1.807, 2.05) is 6.92 Å². The van der Waals surface area contributed by atoms with E-state index in [0.29, 0.717) is 18.9 Å². The van der Waals surface area contributed by atoms with Gasteiger partial charge in [-0.3, -0.25) is 24.0 Å². The number of hydrogen-bond acceptors (Lipinski definition) is 7. The molecule has 11 nitrogen and oxygen atoms in total. The molecule has 1 rings (SSSR count). The first kappa shape index (κ1) is 23.3. The van der Waals surface area contributed by atoms with Crippen molar-refractivity contribution in [2.24, 2.45) is 5.92 Å². The molecule has 0 aromatic carbocycles. The Morgan fingerprint density at radius 3 is 2.46 bits per heavy atom. The molecule has 3 atom stereocenters. The normalized spacial score (nSPS) is 19.4. The Labute approximate surface area is 162 Å². The Kier molecular flexibility index (Phi) is 9.93. The minimum atomic E-state index is -1.10. The number of carbonyl (C=O) groups excluding carboxylic acids is 4. The molecule has 1 saturated heterocycles. The quantitative estimate of drug-likeness (QED) is 0.252. The van der Waals surface area contributed by atoms with Gasteiger partial charge in [0, 0.05) is 6.42 Å². The van der Waals surface area contributed by atoms with Crippen molar-refractivity contribution in [2.75, 3.05) is 26.2 Å². The predicted molar refractivity (Wildman–Crippen MR) is 97.0 cm³/mol. The van der Waals surface area contributed by atoms with Gasteiger partial charge in [-0.15, -0.1) is 0 Å². The molecule has 0 saturated carbocycles. The number of rotatable bonds is 11. The second-order valence-electron chi connectivity index (χ2n) is 6.59. The van der Waals surface area contributed by atoms with E-state index in [-0.39, 0.29) is 31.9 Å². The summed E-state index contributed by atoms with van der Waals surface area (Å²) in [7, 11) is 0. The zero-order valence-corrected chi connectivity index (χ0v) is 16.1. The van der Waals surface area contributed by atoms with Crippen molar-refractivity contribution in [1.29, 1.82) is 0 Å². The second-order valence-corrected chi connectivity index (χ2v) is 6.59. The van der Waals surface area contributed by atoms with Crippen LogP contribution in [0, 0.1) is 5.92 Å². The van der Waals surface area contributed by atoms with Gasteiger partial charge in [0.15, 0.2) is 0 Å². The molecule has 28 heavy (non-hydrogen) atoms. The molecule has 0 aliphatic carbocycles. The summed E-state index contributed by atoms with van der Waals surface area (Å²) in [5.74, 6) is -3.06. The topological polar surface area (TPSA) is 163 Å². The van der Waals surface area contributed by atoms with Crippen LogP contribution in [-0.4, -0.2) is 73.1 Å². The molecule has 0 spiro atoms. The van der Waals surface area contributed by atoms with Crippen LogP contribution in [0.5, 0.6) is 0 Å². The lowest BCUT2D eigenvalue weighted by molar-refractivity contribution is -0.143. The first-order valence-corrected chi connectivity index (χ1v) is 9.18. The van der Waals surface area contributed by atoms with Crippen LogP contribution in [-0.2, 0) is 28.7 Å². The van der Waals surface area contributed by atoms with E-state index >= 15 is 0 Å². The first-order chi connectivity index (χ1) is 13.2. The number of esters is 1. The Bertz CT molecular complexity index is 596. The summed E-state index contributed by atoms with van der Waals surface area (Å²) in [4.78, 5) is 58.3. The summed E-state index contributed by atoms with van der Waals surface area (Å²) in [6.45, 7) is 3.75. The highest BCUT2D eigenvalue weighted by Gasteiger charge is 2.30. The van der Waals surface area contributed by atoms with E-state index < -0.39 is 42.4 Å². The van der Waals surface area contributed by atoms with Crippen LogP contribution >= 0.6 is 0 Å². The van der Waals surface area contributed by atoms with Gasteiger partial charge in [0.1, 0.15) is 12.6 Å². The highest BCUT2D eigenvalue weighted by molar-refractivity contribution is 5.92. The van der Waals surface area contributed by atoms with Crippen molar-refractivity contribution in [1.82, 2.24) is 21.3 Å². The molecule has 3 amide bonds. The molecule has 0 aromatic rings. The fourth-order valence-corrected chi connectivity index (χ4v) is 2.66. The molecule has 0 aromatic heterocycles. The van der Waals surface area contributed by atoms with Gasteiger partial charge in [0.25, 0.3) is 0 Å². The summed E-state index contributed by atoms with van der Waals surface area (Å²) in [6, 6.07) is -1.53. The zero-order valence-electron chi connectivity index (χ0n) is 16.1. The van der Waals surface area contributed by atoms with Gasteiger partial charge in [0.2, 0.25) is 17.7 Å². The van der Waals surface area contributed by atoms with Gasteiger partial charge >= 0.3 is 11.9 Å². The maximum Gasteiger partial charge on any atom is 0.325 e. The summed E-state index contributed by atoms with van der Waals surface area (Å²) >= 11 is 0. The largest absolute Gasteiger partial charge is 0.481 e. The van der Waals surface area contributed by atoms with Crippen LogP contribution in [0.4, 0.5) is 0 Å². The minimum Gasteiger partial charge on any atom is -0.481 e. The zero-order chi connectivity index (χ0) is 21.1. The third-order valence-electron chi connectivity index (χ3n) is 4.11. The van der Waals surface area contributed by atoms with E-state index in [1.54, 1.807) is 6.92 Å². The van der Waals surface area contributed by atoms with Crippen molar-refractivity contribution in [2.45, 2.75) is 45.2 Å². The molecule has 5 N–H and O–H groups in total. The SMILES string of the molecule is CCOC(=O)CNC(=O)CNC(=O)C(CCC(=O)O)NC(=O)C1CC(C)CN1. The maximum absolute atomic E-state index is 12.3. The summed E-state index contributed by atoms with van der Waals surface area (Å²) in [5.41, 5.74) is 0. The van der Waals surface area contributed by atoms with E-state index in [1.165, 1.54) is 0 Å². The fourth-order valence-electron chi connectivity index (χ4n) is 2.66. The fraction of sp³-hybridized carbons (Fsp3) is 0.706. The van der Waals surface area contributed by atoms with Crippen LogP contribution in [0.2, 0.25) is 0 Å². The number of hydrogen-bond donors (Lipinski definition) is 5. The number of carboxylic acid groups (broad SMARTS) is 1. The number of ether oxygens (including phenoxy) is 1. The highest BCUT2D eigenvalue weighted by atomic mass is 16.5. The van der Waals surface area contributed by atoms with E-state index in [2.05, 4.69) is 26.0 Å². The third-order valence-corrected chi connectivity index (χ3v) is 4.11. The molecule has 1 heterocycles. The lowest BCUT2D eigenvalue weighted by Crippen LogP contribution is -2.52. The molecular weight excluding hydrogens is 372 g/mol. The van der Waals surface area contributed by atoms with Gasteiger partial charge in [-0.1, -0.05) is 6.92 Å². The average molecular weight is 400 g/mol. The van der Waals surface area contributed by atoms with Gasteiger partial charge in [-0.05, 0) is 32.2 Å². The molecule has 11 heteroatoms. The Morgan fingerprint density at radius 1 is 1.18 bits per heavy atom. The third kappa shape index (κ3) is 8.80. The van der Waals surface area contributed by atoms with Crippen LogP contribution in [0.15, 0.2) is 0 Å². The predicted octanol–water partition coefficient (Wildman–Crippen LogP) is -1.87. The number of carbonyl (C=O) groups is 5. The number of nitrogens with one attached hydrogen (secondary N) is 4. The van der Waals surface area contributed by atoms with Crippen LogP contribution in [0.1, 0.15) is 33.1 Å². The number of aliphatic carboxylic acids is 1. The van der Waals surface area contributed by atoms with E-state index in [4.69, 9.17) is 5.11 Å². The van der Waals surface area contributed by atoms with Crippen molar-refractivity contribution >= 4 is 29.7 Å². The highest BCUT2D eigenvalue weighted by Crippen LogP contribution is 2.13. The van der Waals surface area contributed by atoms with Gasteiger partial charge in [-0.25, -0.2) is 0 Å². The van der Waals surface area contributed by atoms with Crippen molar-refractivity contribution in [3.63, 3.8) is 0 Å². The second kappa shape index (κ2) is 11.9. The lowest BCUT2D eigenvalue weighted by Gasteiger charge is -2.20. The smallest absolute Gasteiger partial charge is 0.325 e. The molecule has 1 aliphatic rings. The van der Waals surface area contributed by atoms with Crippen LogP contribution < -0.4 is 21.3 Å². The molecule has 0 radical (unpaired) electrons. The number of carboxylic acids is 1. The molecule has 0 bridgehead atoms. The average Bonchev–Trinajstić information content (AvgIpc) is 3.07. The van der Waals surface area contributed by atoms with Crippen molar-refractivity contribution in [3.8, 4) is 0 Å². The van der Waals surface area contributed by atoms with Gasteiger partial charge in [-0.2, -0.15) is 0 Å². The lowest BCUT2D eigenvalue weighted by atomic mass is 10.1. The Balaban J connectivity index is 2.52. The summed E-state index contributed by atoms with van der Waals surface area (Å²) in [6.07, 6.45) is 0.191. The first-order valence-electron chi connectivity index (χ1n) is 9.18. The molecule has 1 aliphatic heterocycles. The molecule has 3 unspecified atom stereocenters. The summed E-state index contributed by atoms with van der Waals surface area (Å²) in [5, 5.41) is 19.0. The van der Waals surface area contributed by atoms with Gasteiger partial charge in [0.05, 0.1) is 19.2 Å². The van der Waals surface area contributed by atoms with Crippen molar-refractivity contribution in [3.05, 3.63) is 0 Å². The monoisotopic (exact) mass is 400 g/mol. The molecule has 158 valence electrons. The van der Waals surface area contributed by atoms with Gasteiger partial charge < -0.3 is 31.1 Å². The van der Waals surface area contributed by atoms with Crippen LogP contribution in [0.25, 0.3) is 0 Å². The van der Waals surface area contributed by atoms with Crippen LogP contribution in [0.3, 0.4) is 0 Å². The Morgan fingerprint density at radius 2 is 1.89 bits per heavy atom. The standard InChI is InChI=1S/C17H28N4O7/c1-3-28-15(25)9-19-13(22)8-20-16(26)11(4-5-14(23)24)21-17(27)12-6-10(2)7-18-12/h10-12,18H,3-9H2,1-2H3,(H,19,22)(H,20,26)(H,21,27)(H,23,24). The minimum absolute atomic E-state index is 0.111. The molecule has 1 fully saturated rings. The summed E-state index contributed by atoms with van der Waals surface area (Å²) < 4.78 is 4.66. The number of amides is 3. The maximum atomic E-state index is 12.3. The van der Waals surface area contributed by atoms with Crippen molar-refractivity contribution < 1.29 is 33.8 Å². The molecular formula is C17H28N4O7.